The highest BCUT2D eigenvalue weighted by molar-refractivity contribution is 7.47. The van der Waals surface area contributed by atoms with Crippen molar-refractivity contribution in [2.24, 2.45) is 5.92 Å². The van der Waals surface area contributed by atoms with Crippen LogP contribution in [0.1, 0.15) is 426 Å². The van der Waals surface area contributed by atoms with Crippen molar-refractivity contribution in [1.29, 1.82) is 0 Å². The SMILES string of the molecule is CCCCCCCCCCCCCCCCCCCCCCC(=O)O[C@H](COC(=O)CCCCCCCCCCCCCCCCCC)COP(=O)(O)OC[C@@H](O)COP(=O)(O)OC[C@@H](COC(=O)CCCCCCCCCCCCC)OC(=O)CCCCCCCCCCCC(C)C. The molecule has 0 aliphatic carbocycles. The molecule has 19 heteroatoms. The Bertz CT molecular complexity index is 1890. The smallest absolute Gasteiger partial charge is 0.462 e. The number of carbonyl (C=O) groups is 4. The average Bonchev–Trinajstić information content (AvgIpc) is 1.17. The highest BCUT2D eigenvalue weighted by Gasteiger charge is 2.30. The predicted molar refractivity (Wildman–Crippen MR) is 405 cm³/mol. The van der Waals surface area contributed by atoms with Gasteiger partial charge in [-0.05, 0) is 31.6 Å². The molecule has 0 rings (SSSR count). The van der Waals surface area contributed by atoms with Crippen molar-refractivity contribution in [3.63, 3.8) is 0 Å². The molecule has 0 aromatic carbocycles. The lowest BCUT2D eigenvalue weighted by Gasteiger charge is -2.21. The van der Waals surface area contributed by atoms with E-state index in [9.17, 15) is 43.2 Å². The van der Waals surface area contributed by atoms with E-state index in [-0.39, 0.29) is 25.7 Å². The number of phosphoric ester groups is 2. The Hall–Kier alpha value is -1.94. The molecule has 17 nitrogen and oxygen atoms in total. The maximum atomic E-state index is 13.1. The van der Waals surface area contributed by atoms with Crippen LogP contribution < -0.4 is 0 Å². The van der Waals surface area contributed by atoms with Crippen molar-refractivity contribution in [2.45, 2.75) is 445 Å². The number of carbonyl (C=O) groups excluding carboxylic acids is 4. The number of unbranched alkanes of at least 4 members (excludes halogenated alkanes) is 52. The lowest BCUT2D eigenvalue weighted by molar-refractivity contribution is -0.161. The van der Waals surface area contributed by atoms with Gasteiger partial charge >= 0.3 is 39.5 Å². The van der Waals surface area contributed by atoms with Crippen molar-refractivity contribution in [3.05, 3.63) is 0 Å². The van der Waals surface area contributed by atoms with Gasteiger partial charge < -0.3 is 33.8 Å². The van der Waals surface area contributed by atoms with Crippen LogP contribution in [-0.2, 0) is 65.4 Å². The summed E-state index contributed by atoms with van der Waals surface area (Å²) >= 11 is 0. The van der Waals surface area contributed by atoms with Crippen LogP contribution in [0.2, 0.25) is 0 Å². The Balaban J connectivity index is 5.23. The quantitative estimate of drug-likeness (QED) is 0.0222. The van der Waals surface area contributed by atoms with Crippen molar-refractivity contribution >= 4 is 39.5 Å². The van der Waals surface area contributed by atoms with E-state index in [0.717, 1.165) is 95.8 Å². The lowest BCUT2D eigenvalue weighted by atomic mass is 10.0. The Kier molecular flexibility index (Phi) is 71.6. The van der Waals surface area contributed by atoms with Crippen LogP contribution in [0.15, 0.2) is 0 Å². The molecule has 5 atom stereocenters. The van der Waals surface area contributed by atoms with E-state index >= 15 is 0 Å². The molecule has 0 aromatic rings. The number of aliphatic hydroxyl groups is 1. The van der Waals surface area contributed by atoms with Gasteiger partial charge in [-0.25, -0.2) is 9.13 Å². The second-order valence-electron chi connectivity index (χ2n) is 29.3. The third kappa shape index (κ3) is 74.1. The number of hydrogen-bond acceptors (Lipinski definition) is 15. The Morgan fingerprint density at radius 1 is 0.273 bits per heavy atom. The molecule has 0 amide bonds. The fourth-order valence-corrected chi connectivity index (χ4v) is 14.0. The molecule has 0 saturated heterocycles. The molecular weight excluding hydrogens is 1290 g/mol. The third-order valence-electron chi connectivity index (χ3n) is 18.8. The molecule has 0 bridgehead atoms. The number of phosphoric acid groups is 2. The second-order valence-corrected chi connectivity index (χ2v) is 32.2. The van der Waals surface area contributed by atoms with Gasteiger partial charge in [0.15, 0.2) is 12.2 Å². The summed E-state index contributed by atoms with van der Waals surface area (Å²) in [4.78, 5) is 73.0. The van der Waals surface area contributed by atoms with E-state index in [0.29, 0.717) is 25.7 Å². The monoisotopic (exact) mass is 1450 g/mol. The van der Waals surface area contributed by atoms with Crippen LogP contribution in [0.3, 0.4) is 0 Å². The summed E-state index contributed by atoms with van der Waals surface area (Å²) in [5.74, 6) is -1.37. The van der Waals surface area contributed by atoms with E-state index < -0.39 is 97.5 Å². The molecule has 0 fully saturated rings. The summed E-state index contributed by atoms with van der Waals surface area (Å²) < 4.78 is 68.7. The molecule has 0 aliphatic rings. The van der Waals surface area contributed by atoms with Crippen molar-refractivity contribution < 1.29 is 80.2 Å². The zero-order valence-corrected chi connectivity index (χ0v) is 66.4. The number of aliphatic hydroxyl groups excluding tert-OH is 1. The van der Waals surface area contributed by atoms with Gasteiger partial charge in [-0.2, -0.15) is 0 Å². The molecular formula is C80H156O17P2. The first kappa shape index (κ1) is 97.1. The molecule has 0 aromatic heterocycles. The zero-order valence-electron chi connectivity index (χ0n) is 64.6. The van der Waals surface area contributed by atoms with E-state index in [2.05, 4.69) is 34.6 Å². The predicted octanol–water partition coefficient (Wildman–Crippen LogP) is 24.0. The van der Waals surface area contributed by atoms with Crippen molar-refractivity contribution in [2.75, 3.05) is 39.6 Å². The minimum Gasteiger partial charge on any atom is -0.462 e. The molecule has 2 unspecified atom stereocenters. The lowest BCUT2D eigenvalue weighted by Crippen LogP contribution is -2.30. The third-order valence-corrected chi connectivity index (χ3v) is 20.7. The van der Waals surface area contributed by atoms with Gasteiger partial charge in [0.05, 0.1) is 26.4 Å². The van der Waals surface area contributed by atoms with Crippen LogP contribution in [0.4, 0.5) is 0 Å². The van der Waals surface area contributed by atoms with Gasteiger partial charge in [0, 0.05) is 25.7 Å². The minimum absolute atomic E-state index is 0.106. The number of ether oxygens (including phenoxy) is 4. The Morgan fingerprint density at radius 3 is 0.687 bits per heavy atom. The van der Waals surface area contributed by atoms with Gasteiger partial charge in [-0.15, -0.1) is 0 Å². The van der Waals surface area contributed by atoms with E-state index in [4.69, 9.17) is 37.0 Å². The summed E-state index contributed by atoms with van der Waals surface area (Å²) in [5, 5.41) is 10.6. The normalized spacial score (nSPS) is 13.9. The van der Waals surface area contributed by atoms with Gasteiger partial charge in [-0.1, -0.05) is 375 Å². The first-order valence-corrected chi connectivity index (χ1v) is 44.6. The van der Waals surface area contributed by atoms with Crippen LogP contribution >= 0.6 is 15.6 Å². The largest absolute Gasteiger partial charge is 0.472 e. The number of esters is 4. The highest BCUT2D eigenvalue weighted by atomic mass is 31.2. The van der Waals surface area contributed by atoms with Gasteiger partial charge in [-0.3, -0.25) is 37.3 Å². The Morgan fingerprint density at radius 2 is 0.465 bits per heavy atom. The van der Waals surface area contributed by atoms with E-state index in [1.165, 1.54) is 250 Å². The molecule has 588 valence electrons. The maximum absolute atomic E-state index is 13.1. The second kappa shape index (κ2) is 73.0. The minimum atomic E-state index is -4.96. The summed E-state index contributed by atoms with van der Waals surface area (Å²) in [7, 11) is -9.92. The highest BCUT2D eigenvalue weighted by Crippen LogP contribution is 2.45. The molecule has 0 saturated carbocycles. The standard InChI is InChI=1S/C80H156O17P2/c1-6-9-12-15-18-21-24-26-28-30-31-32-33-35-37-40-45-50-55-60-65-79(84)96-75(69-91-78(83)64-59-54-49-44-39-36-34-29-27-25-22-19-16-13-10-7-2)71-94-98(86,87)92-67-74(81)68-93-99(88,89)95-72-76(70-90-77(82)63-58-53-48-43-38-23-20-17-14-11-8-3)97-80(85)66-61-56-51-46-41-42-47-52-57-62-73(4)5/h73-76,81H,6-72H2,1-5H3,(H,86,87)(H,88,89)/t74-,75-,76-/m1/s1. The molecule has 0 spiro atoms. The van der Waals surface area contributed by atoms with Crippen LogP contribution in [0.25, 0.3) is 0 Å². The van der Waals surface area contributed by atoms with Crippen molar-refractivity contribution in [3.8, 4) is 0 Å². The first-order chi connectivity index (χ1) is 48.0. The van der Waals surface area contributed by atoms with Gasteiger partial charge in [0.2, 0.25) is 0 Å². The van der Waals surface area contributed by atoms with Crippen LogP contribution in [0.5, 0.6) is 0 Å². The van der Waals surface area contributed by atoms with E-state index in [1.54, 1.807) is 0 Å². The summed E-state index contributed by atoms with van der Waals surface area (Å²) in [6.45, 7) is 7.30. The van der Waals surface area contributed by atoms with Crippen LogP contribution in [-0.4, -0.2) is 96.7 Å². The first-order valence-electron chi connectivity index (χ1n) is 41.6. The summed E-state index contributed by atoms with van der Waals surface area (Å²) in [6, 6.07) is 0. The van der Waals surface area contributed by atoms with E-state index in [1.807, 2.05) is 0 Å². The summed E-state index contributed by atoms with van der Waals surface area (Å²) in [5.41, 5.74) is 0. The summed E-state index contributed by atoms with van der Waals surface area (Å²) in [6.07, 6.45) is 63.8. The fraction of sp³-hybridized carbons (Fsp3) is 0.950. The van der Waals surface area contributed by atoms with Crippen LogP contribution in [0, 0.1) is 5.92 Å². The van der Waals surface area contributed by atoms with Crippen molar-refractivity contribution in [1.82, 2.24) is 0 Å². The maximum Gasteiger partial charge on any atom is 0.472 e. The zero-order chi connectivity index (χ0) is 72.7. The van der Waals surface area contributed by atoms with Gasteiger partial charge in [0.25, 0.3) is 0 Å². The molecule has 0 aliphatic heterocycles. The molecule has 99 heavy (non-hydrogen) atoms. The average molecular weight is 1450 g/mol. The number of hydrogen-bond donors (Lipinski definition) is 3. The topological polar surface area (TPSA) is 237 Å². The van der Waals surface area contributed by atoms with Gasteiger partial charge in [0.1, 0.15) is 19.3 Å². The molecule has 0 radical (unpaired) electrons. The molecule has 0 heterocycles. The fourth-order valence-electron chi connectivity index (χ4n) is 12.4. The molecule has 3 N–H and O–H groups in total. The number of rotatable bonds is 80. The Labute approximate surface area is 607 Å².